The van der Waals surface area contributed by atoms with Crippen LogP contribution in [0.4, 0.5) is 4.39 Å². The topological polar surface area (TPSA) is 9.72 Å². The number of piperidine rings is 3. The fraction of sp³-hybridized carbons (Fsp3) is 1.00. The second kappa shape index (κ2) is 8.55. The van der Waals surface area contributed by atoms with Crippen molar-refractivity contribution in [2.75, 3.05) is 45.8 Å². The van der Waals surface area contributed by atoms with Gasteiger partial charge >= 0.3 is 0 Å². The van der Waals surface area contributed by atoms with E-state index < -0.39 is 5.67 Å². The average molecular weight is 436 g/mol. The molecule has 4 heteroatoms. The highest BCUT2D eigenvalue weighted by Crippen LogP contribution is 2.52. The van der Waals surface area contributed by atoms with Crippen LogP contribution in [0, 0.1) is 16.7 Å². The van der Waals surface area contributed by atoms with Gasteiger partial charge in [0.05, 0.1) is 0 Å². The molecule has 1 saturated carbocycles. The van der Waals surface area contributed by atoms with Crippen molar-refractivity contribution < 1.29 is 4.39 Å². The smallest absolute Gasteiger partial charge is 0.126 e. The molecule has 0 unspecified atom stereocenters. The zero-order chi connectivity index (χ0) is 22.5. The zero-order valence-corrected chi connectivity index (χ0v) is 21.5. The SMILES string of the molecule is CC(C)(C)C1CCN(CC2(F)CCN(C3CC4(CCN(C(C)(C)C)CC4)C3)CC2)CC1. The first-order valence-corrected chi connectivity index (χ1v) is 13.3. The van der Waals surface area contributed by atoms with Crippen LogP contribution in [0.15, 0.2) is 0 Å². The fourth-order valence-corrected chi connectivity index (χ4v) is 7.06. The molecule has 0 atom stereocenters. The summed E-state index contributed by atoms with van der Waals surface area (Å²) in [6, 6.07) is 0.730. The molecule has 4 aliphatic rings. The molecular weight excluding hydrogens is 385 g/mol. The molecular formula is C27H50FN3. The highest BCUT2D eigenvalue weighted by molar-refractivity contribution is 5.04. The molecule has 0 aromatic heterocycles. The van der Waals surface area contributed by atoms with E-state index in [1.54, 1.807) is 0 Å². The van der Waals surface area contributed by atoms with E-state index >= 15 is 4.39 Å². The van der Waals surface area contributed by atoms with Gasteiger partial charge in [0.1, 0.15) is 5.67 Å². The maximum absolute atomic E-state index is 15.7. The molecule has 4 fully saturated rings. The summed E-state index contributed by atoms with van der Waals surface area (Å²) in [5, 5.41) is 0. The highest BCUT2D eigenvalue weighted by atomic mass is 19.1. The van der Waals surface area contributed by atoms with Crippen LogP contribution in [0.3, 0.4) is 0 Å². The van der Waals surface area contributed by atoms with Gasteiger partial charge in [-0.15, -0.1) is 0 Å². The number of hydrogen-bond acceptors (Lipinski definition) is 3. The number of alkyl halides is 1. The van der Waals surface area contributed by atoms with E-state index in [-0.39, 0.29) is 0 Å². The summed E-state index contributed by atoms with van der Waals surface area (Å²) < 4.78 is 15.7. The normalized spacial score (nSPS) is 29.9. The minimum absolute atomic E-state index is 0.310. The Morgan fingerprint density at radius 1 is 0.774 bits per heavy atom. The first-order valence-electron chi connectivity index (χ1n) is 13.3. The van der Waals surface area contributed by atoms with Crippen molar-refractivity contribution in [3.8, 4) is 0 Å². The molecule has 0 radical (unpaired) electrons. The number of likely N-dealkylation sites (tertiary alicyclic amines) is 3. The van der Waals surface area contributed by atoms with E-state index in [2.05, 4.69) is 56.2 Å². The van der Waals surface area contributed by atoms with Crippen LogP contribution in [0.5, 0.6) is 0 Å². The van der Waals surface area contributed by atoms with Gasteiger partial charge in [-0.25, -0.2) is 4.39 Å². The number of hydrogen-bond donors (Lipinski definition) is 0. The minimum atomic E-state index is -0.954. The summed E-state index contributed by atoms with van der Waals surface area (Å²) in [7, 11) is 0. The van der Waals surface area contributed by atoms with Crippen molar-refractivity contribution in [2.45, 2.75) is 110 Å². The Bertz CT molecular complexity index is 587. The molecule has 0 aromatic carbocycles. The van der Waals surface area contributed by atoms with E-state index in [1.165, 1.54) is 51.6 Å². The van der Waals surface area contributed by atoms with Crippen molar-refractivity contribution in [2.24, 2.45) is 16.7 Å². The van der Waals surface area contributed by atoms with E-state index in [0.29, 0.717) is 22.9 Å². The van der Waals surface area contributed by atoms with E-state index in [4.69, 9.17) is 0 Å². The Morgan fingerprint density at radius 2 is 1.32 bits per heavy atom. The molecule has 3 aliphatic heterocycles. The van der Waals surface area contributed by atoms with Crippen molar-refractivity contribution in [3.05, 3.63) is 0 Å². The number of halogens is 1. The molecule has 3 nitrogen and oxygen atoms in total. The van der Waals surface area contributed by atoms with Crippen LogP contribution in [0.2, 0.25) is 0 Å². The molecule has 0 N–H and O–H groups in total. The molecule has 3 saturated heterocycles. The number of rotatable bonds is 3. The van der Waals surface area contributed by atoms with Gasteiger partial charge in [-0.1, -0.05) is 20.8 Å². The summed E-state index contributed by atoms with van der Waals surface area (Å²) >= 11 is 0. The third-order valence-electron chi connectivity index (χ3n) is 9.64. The molecule has 31 heavy (non-hydrogen) atoms. The Hall–Kier alpha value is -0.190. The Morgan fingerprint density at radius 3 is 1.81 bits per heavy atom. The van der Waals surface area contributed by atoms with Crippen molar-refractivity contribution in [1.82, 2.24) is 14.7 Å². The second-order valence-electron chi connectivity index (χ2n) is 13.8. The van der Waals surface area contributed by atoms with Crippen LogP contribution in [-0.2, 0) is 0 Å². The average Bonchev–Trinajstić information content (AvgIpc) is 2.66. The Labute approximate surface area is 192 Å². The van der Waals surface area contributed by atoms with Gasteiger partial charge < -0.3 is 9.80 Å². The lowest BCUT2D eigenvalue weighted by molar-refractivity contribution is -0.0782. The maximum atomic E-state index is 15.7. The Balaban J connectivity index is 1.18. The second-order valence-corrected chi connectivity index (χ2v) is 13.8. The summed E-state index contributed by atoms with van der Waals surface area (Å²) in [6.07, 6.45) is 9.43. The van der Waals surface area contributed by atoms with E-state index in [0.717, 1.165) is 51.0 Å². The lowest BCUT2D eigenvalue weighted by Crippen LogP contribution is -2.59. The summed E-state index contributed by atoms with van der Waals surface area (Å²) in [5.41, 5.74) is 0.358. The first-order chi connectivity index (χ1) is 14.4. The van der Waals surface area contributed by atoms with Crippen LogP contribution in [0.1, 0.15) is 92.9 Å². The van der Waals surface area contributed by atoms with Gasteiger partial charge in [0.25, 0.3) is 0 Å². The molecule has 0 aromatic rings. The van der Waals surface area contributed by atoms with Gasteiger partial charge in [-0.05, 0) is 115 Å². The standard InChI is InChI=1S/C27H50FN3/c1-24(2,3)22-7-13-29(14-8-22)21-27(28)11-15-30(16-12-27)23-19-26(20-23)9-17-31(18-10-26)25(4,5)6/h22-23H,7-21H2,1-6H3. The van der Waals surface area contributed by atoms with Crippen molar-refractivity contribution in [1.29, 1.82) is 0 Å². The first kappa shape index (κ1) is 24.0. The van der Waals surface area contributed by atoms with Gasteiger partial charge in [-0.3, -0.25) is 4.90 Å². The lowest BCUT2D eigenvalue weighted by Gasteiger charge is -2.57. The largest absolute Gasteiger partial charge is 0.300 e. The maximum Gasteiger partial charge on any atom is 0.126 e. The predicted octanol–water partition coefficient (Wildman–Crippen LogP) is 5.59. The molecule has 0 amide bonds. The van der Waals surface area contributed by atoms with E-state index in [9.17, 15) is 0 Å². The Kier molecular flexibility index (Phi) is 6.60. The fourth-order valence-electron chi connectivity index (χ4n) is 7.06. The summed E-state index contributed by atoms with van der Waals surface area (Å²) in [5.74, 6) is 0.794. The molecule has 4 rings (SSSR count). The summed E-state index contributed by atoms with van der Waals surface area (Å²) in [4.78, 5) is 7.73. The molecule has 0 bridgehead atoms. The highest BCUT2D eigenvalue weighted by Gasteiger charge is 2.50. The van der Waals surface area contributed by atoms with Gasteiger partial charge in [0.15, 0.2) is 0 Å². The molecule has 3 heterocycles. The van der Waals surface area contributed by atoms with Crippen molar-refractivity contribution >= 4 is 0 Å². The lowest BCUT2D eigenvalue weighted by atomic mass is 9.59. The van der Waals surface area contributed by atoms with Gasteiger partial charge in [0, 0.05) is 31.2 Å². The molecule has 180 valence electrons. The van der Waals surface area contributed by atoms with Crippen LogP contribution < -0.4 is 0 Å². The quantitative estimate of drug-likeness (QED) is 0.572. The van der Waals surface area contributed by atoms with Crippen LogP contribution in [0.25, 0.3) is 0 Å². The van der Waals surface area contributed by atoms with Crippen molar-refractivity contribution in [3.63, 3.8) is 0 Å². The van der Waals surface area contributed by atoms with Crippen LogP contribution in [-0.4, -0.2) is 77.8 Å². The summed E-state index contributed by atoms with van der Waals surface area (Å²) in [6.45, 7) is 21.4. The number of nitrogens with zero attached hydrogens (tertiary/aromatic N) is 3. The van der Waals surface area contributed by atoms with Gasteiger partial charge in [-0.2, -0.15) is 0 Å². The predicted molar refractivity (Wildman–Crippen MR) is 129 cm³/mol. The third-order valence-corrected chi connectivity index (χ3v) is 9.64. The minimum Gasteiger partial charge on any atom is -0.300 e. The zero-order valence-electron chi connectivity index (χ0n) is 21.5. The van der Waals surface area contributed by atoms with E-state index in [1.807, 2.05) is 0 Å². The molecule has 1 spiro atoms. The third kappa shape index (κ3) is 5.49. The molecule has 1 aliphatic carbocycles. The van der Waals surface area contributed by atoms with Gasteiger partial charge in [0.2, 0.25) is 0 Å². The monoisotopic (exact) mass is 435 g/mol. The van der Waals surface area contributed by atoms with Crippen LogP contribution >= 0.6 is 0 Å².